The molecule has 0 aliphatic rings. The fraction of sp³-hybridized carbons (Fsp3) is 0.353. The van der Waals surface area contributed by atoms with Crippen molar-refractivity contribution >= 4 is 33.0 Å². The van der Waals surface area contributed by atoms with E-state index in [-0.39, 0.29) is 5.91 Å². The van der Waals surface area contributed by atoms with E-state index in [9.17, 15) is 13.2 Å². The molecule has 0 unspecified atom stereocenters. The molecular weight excluding hydrogens is 344 g/mol. The zero-order valence-electron chi connectivity index (χ0n) is 14.3. The van der Waals surface area contributed by atoms with Gasteiger partial charge in [0.15, 0.2) is 0 Å². The Kier molecular flexibility index (Phi) is 5.66. The molecule has 2 rings (SSSR count). The standard InChI is InChI=1S/C17H22N2O3S2/c1-5-19(14(4)20)11-15-7-6-8-16(10-15)18-24(21,22)17-9-12(2)23-13(17)3/h6-10,18H,5,11H2,1-4H3. The summed E-state index contributed by atoms with van der Waals surface area (Å²) >= 11 is 1.46. The van der Waals surface area contributed by atoms with Crippen LogP contribution in [0.2, 0.25) is 0 Å². The number of benzene rings is 1. The highest BCUT2D eigenvalue weighted by Crippen LogP contribution is 2.27. The summed E-state index contributed by atoms with van der Waals surface area (Å²) in [5.74, 6) is -0.00661. The minimum atomic E-state index is -3.61. The first-order chi connectivity index (χ1) is 11.2. The van der Waals surface area contributed by atoms with Gasteiger partial charge >= 0.3 is 0 Å². The first-order valence-electron chi connectivity index (χ1n) is 7.67. The Morgan fingerprint density at radius 1 is 1.25 bits per heavy atom. The summed E-state index contributed by atoms with van der Waals surface area (Å²) in [7, 11) is -3.61. The molecule has 5 nitrogen and oxygen atoms in total. The van der Waals surface area contributed by atoms with E-state index in [2.05, 4.69) is 4.72 Å². The van der Waals surface area contributed by atoms with Crippen LogP contribution >= 0.6 is 11.3 Å². The normalized spacial score (nSPS) is 11.3. The van der Waals surface area contributed by atoms with Crippen molar-refractivity contribution in [1.29, 1.82) is 0 Å². The number of amides is 1. The highest BCUT2D eigenvalue weighted by atomic mass is 32.2. The summed E-state index contributed by atoms with van der Waals surface area (Å²) in [4.78, 5) is 15.3. The molecule has 0 bridgehead atoms. The molecule has 24 heavy (non-hydrogen) atoms. The number of nitrogens with one attached hydrogen (secondary N) is 1. The van der Waals surface area contributed by atoms with Crippen LogP contribution in [0.3, 0.4) is 0 Å². The highest BCUT2D eigenvalue weighted by Gasteiger charge is 2.19. The molecule has 0 radical (unpaired) electrons. The maximum Gasteiger partial charge on any atom is 0.262 e. The highest BCUT2D eigenvalue weighted by molar-refractivity contribution is 7.93. The third-order valence-corrected chi connectivity index (χ3v) is 6.27. The van der Waals surface area contributed by atoms with Crippen LogP contribution < -0.4 is 4.72 Å². The van der Waals surface area contributed by atoms with Crippen molar-refractivity contribution in [1.82, 2.24) is 4.90 Å². The van der Waals surface area contributed by atoms with Crippen LogP contribution in [0.25, 0.3) is 0 Å². The van der Waals surface area contributed by atoms with Gasteiger partial charge in [-0.15, -0.1) is 11.3 Å². The summed E-state index contributed by atoms with van der Waals surface area (Å²) in [6.45, 7) is 8.19. The van der Waals surface area contributed by atoms with Crippen molar-refractivity contribution in [2.24, 2.45) is 0 Å². The number of carbonyl (C=O) groups is 1. The van der Waals surface area contributed by atoms with E-state index in [1.807, 2.05) is 19.9 Å². The molecule has 1 aromatic heterocycles. The van der Waals surface area contributed by atoms with Crippen LogP contribution in [0.15, 0.2) is 35.2 Å². The second-order valence-electron chi connectivity index (χ2n) is 5.62. The Morgan fingerprint density at radius 2 is 1.96 bits per heavy atom. The van der Waals surface area contributed by atoms with E-state index in [1.54, 1.807) is 36.1 Å². The lowest BCUT2D eigenvalue weighted by molar-refractivity contribution is -0.129. The second kappa shape index (κ2) is 7.36. The molecule has 1 heterocycles. The molecule has 1 N–H and O–H groups in total. The quantitative estimate of drug-likeness (QED) is 0.850. The van der Waals surface area contributed by atoms with Crippen molar-refractivity contribution in [3.8, 4) is 0 Å². The van der Waals surface area contributed by atoms with Gasteiger partial charge in [0, 0.05) is 35.5 Å². The van der Waals surface area contributed by atoms with Crippen LogP contribution in [0.4, 0.5) is 5.69 Å². The summed E-state index contributed by atoms with van der Waals surface area (Å²) < 4.78 is 27.8. The predicted molar refractivity (Wildman–Crippen MR) is 97.8 cm³/mol. The van der Waals surface area contributed by atoms with Gasteiger partial charge in [0.1, 0.15) is 4.90 Å². The average Bonchev–Trinajstić information content (AvgIpc) is 2.84. The number of sulfonamides is 1. The van der Waals surface area contributed by atoms with Crippen LogP contribution in [0, 0.1) is 13.8 Å². The minimum absolute atomic E-state index is 0.00661. The smallest absolute Gasteiger partial charge is 0.262 e. The van der Waals surface area contributed by atoms with Crippen molar-refractivity contribution in [2.75, 3.05) is 11.3 Å². The average molecular weight is 367 g/mol. The molecule has 0 saturated carbocycles. The molecule has 1 amide bonds. The van der Waals surface area contributed by atoms with E-state index in [0.29, 0.717) is 23.7 Å². The summed E-state index contributed by atoms with van der Waals surface area (Å²) in [6.07, 6.45) is 0. The predicted octanol–water partition coefficient (Wildman–Crippen LogP) is 3.53. The number of rotatable bonds is 6. The fourth-order valence-electron chi connectivity index (χ4n) is 2.48. The second-order valence-corrected chi connectivity index (χ2v) is 8.73. The van der Waals surface area contributed by atoms with E-state index < -0.39 is 10.0 Å². The molecule has 0 aliphatic heterocycles. The number of hydrogen-bond donors (Lipinski definition) is 1. The number of carbonyl (C=O) groups excluding carboxylic acids is 1. The molecular formula is C17H22N2O3S2. The van der Waals surface area contributed by atoms with E-state index >= 15 is 0 Å². The van der Waals surface area contributed by atoms with Gasteiger partial charge < -0.3 is 4.90 Å². The number of hydrogen-bond acceptors (Lipinski definition) is 4. The van der Waals surface area contributed by atoms with Gasteiger partial charge in [-0.25, -0.2) is 8.42 Å². The fourth-order valence-corrected chi connectivity index (χ4v) is 5.09. The molecule has 0 aliphatic carbocycles. The van der Waals surface area contributed by atoms with E-state index in [4.69, 9.17) is 0 Å². The summed E-state index contributed by atoms with van der Waals surface area (Å²) in [5.41, 5.74) is 1.38. The van der Waals surface area contributed by atoms with Crippen molar-refractivity contribution in [2.45, 2.75) is 39.1 Å². The monoisotopic (exact) mass is 366 g/mol. The summed E-state index contributed by atoms with van der Waals surface area (Å²) in [6, 6.07) is 8.81. The maximum atomic E-state index is 12.6. The first-order valence-corrected chi connectivity index (χ1v) is 9.97. The number of nitrogens with zero attached hydrogens (tertiary/aromatic N) is 1. The van der Waals surface area contributed by atoms with Gasteiger partial charge in [-0.1, -0.05) is 12.1 Å². The number of thiophene rings is 1. The topological polar surface area (TPSA) is 66.5 Å². The molecule has 0 spiro atoms. The lowest BCUT2D eigenvalue weighted by Crippen LogP contribution is -2.27. The number of anilines is 1. The van der Waals surface area contributed by atoms with E-state index in [0.717, 1.165) is 15.3 Å². The first kappa shape index (κ1) is 18.5. The molecule has 0 fully saturated rings. The maximum absolute atomic E-state index is 12.6. The third-order valence-electron chi connectivity index (χ3n) is 3.66. The van der Waals surface area contributed by atoms with Gasteiger partial charge in [-0.05, 0) is 44.5 Å². The van der Waals surface area contributed by atoms with Crippen molar-refractivity contribution < 1.29 is 13.2 Å². The van der Waals surface area contributed by atoms with Crippen LogP contribution in [0.5, 0.6) is 0 Å². The Labute approximate surface area is 147 Å². The Balaban J connectivity index is 2.23. The zero-order valence-corrected chi connectivity index (χ0v) is 15.9. The largest absolute Gasteiger partial charge is 0.339 e. The molecule has 2 aromatic rings. The van der Waals surface area contributed by atoms with Gasteiger partial charge in [0.25, 0.3) is 10.0 Å². The molecule has 1 aromatic carbocycles. The van der Waals surface area contributed by atoms with Gasteiger partial charge in [0.05, 0.1) is 0 Å². The summed E-state index contributed by atoms with van der Waals surface area (Å²) in [5, 5.41) is 0. The lowest BCUT2D eigenvalue weighted by atomic mass is 10.2. The van der Waals surface area contributed by atoms with Crippen LogP contribution in [-0.2, 0) is 21.4 Å². The van der Waals surface area contributed by atoms with E-state index in [1.165, 1.54) is 18.3 Å². The Hall–Kier alpha value is -1.86. The molecule has 0 atom stereocenters. The molecule has 0 saturated heterocycles. The third kappa shape index (κ3) is 4.36. The van der Waals surface area contributed by atoms with Gasteiger partial charge in [-0.3, -0.25) is 9.52 Å². The van der Waals surface area contributed by atoms with Crippen LogP contribution in [-0.4, -0.2) is 25.8 Å². The zero-order chi connectivity index (χ0) is 17.9. The van der Waals surface area contributed by atoms with Gasteiger partial charge in [0.2, 0.25) is 5.91 Å². The van der Waals surface area contributed by atoms with Crippen molar-refractivity contribution in [3.05, 3.63) is 45.6 Å². The van der Waals surface area contributed by atoms with Crippen LogP contribution in [0.1, 0.15) is 29.2 Å². The Morgan fingerprint density at radius 3 is 2.50 bits per heavy atom. The molecule has 130 valence electrons. The van der Waals surface area contributed by atoms with Gasteiger partial charge in [-0.2, -0.15) is 0 Å². The lowest BCUT2D eigenvalue weighted by Gasteiger charge is -2.19. The Bertz CT molecular complexity index is 841. The number of aryl methyl sites for hydroxylation is 2. The van der Waals surface area contributed by atoms with Crippen molar-refractivity contribution in [3.63, 3.8) is 0 Å². The SMILES string of the molecule is CCN(Cc1cccc(NS(=O)(=O)c2cc(C)sc2C)c1)C(C)=O. The molecule has 7 heteroatoms. The minimum Gasteiger partial charge on any atom is -0.339 e.